The fraction of sp³-hybridized carbons (Fsp3) is 0.444. The first kappa shape index (κ1) is 10.7. The average molecular weight is 229 g/mol. The Kier molecular flexibility index (Phi) is 2.67. The normalized spacial score (nSPS) is 22.1. The van der Waals surface area contributed by atoms with Crippen molar-refractivity contribution in [2.24, 2.45) is 0 Å². The standard InChI is InChI=1S/C9H9F2N3O2/c1-5(10)6-4-16-9(15)14(6)7-2-3-12-8(11)13-7/h2-3,5-6H,4H2,1H3/t5?,6-/m1/s1. The SMILES string of the molecule is CC(F)[C@H]1COC(=O)N1c1ccnc(F)n1. The maximum atomic E-state index is 13.2. The molecule has 0 saturated carbocycles. The molecule has 2 atom stereocenters. The summed E-state index contributed by atoms with van der Waals surface area (Å²) in [6.45, 7) is 1.24. The lowest BCUT2D eigenvalue weighted by atomic mass is 10.2. The molecule has 0 spiro atoms. The van der Waals surface area contributed by atoms with E-state index in [4.69, 9.17) is 4.74 Å². The molecule has 2 heterocycles. The van der Waals surface area contributed by atoms with Gasteiger partial charge in [-0.05, 0) is 13.0 Å². The van der Waals surface area contributed by atoms with Gasteiger partial charge in [-0.2, -0.15) is 9.37 Å². The number of rotatable bonds is 2. The first-order valence-electron chi connectivity index (χ1n) is 4.68. The zero-order chi connectivity index (χ0) is 11.7. The van der Waals surface area contributed by atoms with Crippen molar-refractivity contribution in [1.82, 2.24) is 9.97 Å². The molecule has 1 unspecified atom stereocenters. The quantitative estimate of drug-likeness (QED) is 0.717. The van der Waals surface area contributed by atoms with Crippen LogP contribution >= 0.6 is 0 Å². The number of ether oxygens (including phenoxy) is 1. The van der Waals surface area contributed by atoms with Crippen molar-refractivity contribution in [2.45, 2.75) is 19.1 Å². The smallest absolute Gasteiger partial charge is 0.416 e. The highest BCUT2D eigenvalue weighted by Crippen LogP contribution is 2.23. The van der Waals surface area contributed by atoms with Crippen molar-refractivity contribution >= 4 is 11.9 Å². The van der Waals surface area contributed by atoms with Gasteiger partial charge >= 0.3 is 12.2 Å². The van der Waals surface area contributed by atoms with Gasteiger partial charge in [-0.15, -0.1) is 0 Å². The minimum Gasteiger partial charge on any atom is -0.447 e. The first-order chi connectivity index (χ1) is 7.59. The Bertz CT molecular complexity index is 413. The number of hydrogen-bond donors (Lipinski definition) is 0. The Balaban J connectivity index is 2.33. The second kappa shape index (κ2) is 3.99. The molecule has 0 N–H and O–H groups in total. The number of alkyl halides is 1. The van der Waals surface area contributed by atoms with E-state index in [1.54, 1.807) is 0 Å². The minimum absolute atomic E-state index is 0.00417. The highest BCUT2D eigenvalue weighted by atomic mass is 19.1. The van der Waals surface area contributed by atoms with E-state index in [1.807, 2.05) is 0 Å². The number of halogens is 2. The zero-order valence-electron chi connectivity index (χ0n) is 8.43. The molecule has 5 nitrogen and oxygen atoms in total. The van der Waals surface area contributed by atoms with Crippen molar-refractivity contribution in [3.8, 4) is 0 Å². The van der Waals surface area contributed by atoms with Crippen molar-refractivity contribution < 1.29 is 18.3 Å². The van der Waals surface area contributed by atoms with Crippen LogP contribution in [0.25, 0.3) is 0 Å². The Morgan fingerprint density at radius 2 is 2.44 bits per heavy atom. The Morgan fingerprint density at radius 1 is 1.69 bits per heavy atom. The maximum absolute atomic E-state index is 13.2. The maximum Gasteiger partial charge on any atom is 0.416 e. The fourth-order valence-corrected chi connectivity index (χ4v) is 1.50. The lowest BCUT2D eigenvalue weighted by molar-refractivity contribution is 0.174. The van der Waals surface area contributed by atoms with E-state index in [0.717, 1.165) is 11.1 Å². The predicted octanol–water partition coefficient (Wildman–Crippen LogP) is 1.30. The van der Waals surface area contributed by atoms with Crippen LogP contribution in [-0.2, 0) is 4.74 Å². The monoisotopic (exact) mass is 229 g/mol. The number of cyclic esters (lactones) is 1. The molecule has 1 fully saturated rings. The number of carbonyl (C=O) groups is 1. The van der Waals surface area contributed by atoms with Gasteiger partial charge in [0.1, 0.15) is 24.6 Å². The Labute approximate surface area is 90.1 Å². The number of aromatic nitrogens is 2. The zero-order valence-corrected chi connectivity index (χ0v) is 8.43. The molecule has 86 valence electrons. The van der Waals surface area contributed by atoms with Gasteiger partial charge < -0.3 is 4.74 Å². The molecule has 1 amide bonds. The van der Waals surface area contributed by atoms with Crippen molar-refractivity contribution in [3.05, 3.63) is 18.3 Å². The Hall–Kier alpha value is -1.79. The number of nitrogens with zero attached hydrogens (tertiary/aromatic N) is 3. The molecule has 0 aromatic carbocycles. The van der Waals surface area contributed by atoms with Gasteiger partial charge in [-0.3, -0.25) is 4.90 Å². The molecule has 1 aromatic heterocycles. The molecular weight excluding hydrogens is 220 g/mol. The molecule has 2 rings (SSSR count). The van der Waals surface area contributed by atoms with Gasteiger partial charge in [-0.25, -0.2) is 14.2 Å². The van der Waals surface area contributed by atoms with Gasteiger partial charge in [0.25, 0.3) is 0 Å². The summed E-state index contributed by atoms with van der Waals surface area (Å²) in [6, 6.07) is 0.548. The van der Waals surface area contributed by atoms with Crippen LogP contribution in [0.4, 0.5) is 19.4 Å². The summed E-state index contributed by atoms with van der Waals surface area (Å²) in [5.74, 6) is 0.00417. The molecule has 1 saturated heterocycles. The van der Waals surface area contributed by atoms with E-state index in [1.165, 1.54) is 13.0 Å². The second-order valence-corrected chi connectivity index (χ2v) is 3.38. The summed E-state index contributed by atoms with van der Waals surface area (Å²) in [4.78, 5) is 19.0. The van der Waals surface area contributed by atoms with Crippen molar-refractivity contribution in [3.63, 3.8) is 0 Å². The number of carbonyl (C=O) groups excluding carboxylic acids is 1. The summed E-state index contributed by atoms with van der Waals surface area (Å²) >= 11 is 0. The van der Waals surface area contributed by atoms with Gasteiger partial charge in [-0.1, -0.05) is 0 Å². The minimum atomic E-state index is -1.29. The third kappa shape index (κ3) is 1.80. The van der Waals surface area contributed by atoms with Crippen LogP contribution in [0.1, 0.15) is 6.92 Å². The summed E-state index contributed by atoms with van der Waals surface area (Å²) < 4.78 is 30.7. The molecule has 0 radical (unpaired) electrons. The van der Waals surface area contributed by atoms with Gasteiger partial charge in [0, 0.05) is 6.20 Å². The van der Waals surface area contributed by atoms with Crippen LogP contribution in [0.3, 0.4) is 0 Å². The Morgan fingerprint density at radius 3 is 3.06 bits per heavy atom. The molecular formula is C9H9F2N3O2. The van der Waals surface area contributed by atoms with E-state index in [0.29, 0.717) is 0 Å². The molecule has 7 heteroatoms. The van der Waals surface area contributed by atoms with E-state index >= 15 is 0 Å². The molecule has 0 aliphatic carbocycles. The van der Waals surface area contributed by atoms with Gasteiger partial charge in [0.05, 0.1) is 0 Å². The van der Waals surface area contributed by atoms with Crippen LogP contribution in [0, 0.1) is 6.08 Å². The van der Waals surface area contributed by atoms with Crippen LogP contribution in [-0.4, -0.2) is 34.9 Å². The molecule has 1 aromatic rings. The summed E-state index contributed by atoms with van der Waals surface area (Å²) in [5, 5.41) is 0. The molecule has 16 heavy (non-hydrogen) atoms. The third-order valence-corrected chi connectivity index (χ3v) is 2.29. The lowest BCUT2D eigenvalue weighted by Crippen LogP contribution is -2.39. The number of amides is 1. The summed E-state index contributed by atoms with van der Waals surface area (Å²) in [5.41, 5.74) is 0. The average Bonchev–Trinajstić information content (AvgIpc) is 2.60. The second-order valence-electron chi connectivity index (χ2n) is 3.38. The van der Waals surface area contributed by atoms with Crippen LogP contribution in [0.15, 0.2) is 12.3 Å². The van der Waals surface area contributed by atoms with E-state index < -0.39 is 24.4 Å². The van der Waals surface area contributed by atoms with Crippen molar-refractivity contribution in [2.75, 3.05) is 11.5 Å². The van der Waals surface area contributed by atoms with E-state index in [9.17, 15) is 13.6 Å². The van der Waals surface area contributed by atoms with E-state index in [-0.39, 0.29) is 12.4 Å². The van der Waals surface area contributed by atoms with Crippen LogP contribution in [0.2, 0.25) is 0 Å². The van der Waals surface area contributed by atoms with Crippen LogP contribution < -0.4 is 4.90 Å². The largest absolute Gasteiger partial charge is 0.447 e. The number of anilines is 1. The highest BCUT2D eigenvalue weighted by molar-refractivity contribution is 5.89. The first-order valence-corrected chi connectivity index (χ1v) is 4.68. The topological polar surface area (TPSA) is 55.3 Å². The fourth-order valence-electron chi connectivity index (χ4n) is 1.50. The van der Waals surface area contributed by atoms with Crippen LogP contribution in [0.5, 0.6) is 0 Å². The summed E-state index contributed by atoms with van der Waals surface area (Å²) in [7, 11) is 0. The number of hydrogen-bond acceptors (Lipinski definition) is 4. The predicted molar refractivity (Wildman–Crippen MR) is 50.2 cm³/mol. The molecule has 1 aliphatic heterocycles. The van der Waals surface area contributed by atoms with Gasteiger partial charge in [0.15, 0.2) is 0 Å². The third-order valence-electron chi connectivity index (χ3n) is 2.29. The van der Waals surface area contributed by atoms with E-state index in [2.05, 4.69) is 9.97 Å². The molecule has 1 aliphatic rings. The summed E-state index contributed by atoms with van der Waals surface area (Å²) in [6.07, 6.45) is -1.83. The lowest BCUT2D eigenvalue weighted by Gasteiger charge is -2.20. The highest BCUT2D eigenvalue weighted by Gasteiger charge is 2.38. The van der Waals surface area contributed by atoms with Gasteiger partial charge in [0.2, 0.25) is 0 Å². The molecule has 0 bridgehead atoms. The van der Waals surface area contributed by atoms with Crippen molar-refractivity contribution in [1.29, 1.82) is 0 Å².